The lowest BCUT2D eigenvalue weighted by Gasteiger charge is -2.26. The molecule has 0 aliphatic heterocycles. The summed E-state index contributed by atoms with van der Waals surface area (Å²) in [4.78, 5) is 32.2. The Morgan fingerprint density at radius 1 is 0.312 bits per heavy atom. The van der Waals surface area contributed by atoms with E-state index in [1.807, 2.05) is 97.1 Å². The van der Waals surface area contributed by atoms with Crippen molar-refractivity contribution in [3.05, 3.63) is 483 Å². The zero-order valence-electron chi connectivity index (χ0n) is 78.3. The number of aryl methyl sites for hydroxylation is 1. The monoisotopic (exact) mass is 1880 g/mol. The van der Waals surface area contributed by atoms with Gasteiger partial charge in [-0.3, -0.25) is 0 Å². The van der Waals surface area contributed by atoms with E-state index in [1.165, 1.54) is 50.8 Å². The molecule has 0 saturated carbocycles. The molecule has 0 aliphatic carbocycles. The van der Waals surface area contributed by atoms with E-state index in [2.05, 4.69) is 439 Å². The van der Waals surface area contributed by atoms with Gasteiger partial charge in [0, 0.05) is 102 Å². The number of fused-ring (bicyclic) bond motifs is 3. The molecule has 1 aromatic heterocycles. The Morgan fingerprint density at radius 2 is 0.610 bits per heavy atom. The standard InChI is InChI=1S/C53H42N2O2.C44H40N2O7.C16H17N.C9H14Si.4CH4/c1-5-13-42(14-6-1)21-23-44-25-29-48(30-26-44)54(46-17-9-3-10-18-46)50-33-37-52(38-34-50)56-41-57-53-39-35-51(36-40-53)55(47-19-11-4-12-20-47)49-31-27-45(28-32-49)24-22-43-15-7-2-8-16-43;1-33-11-9-16-40(31-33)45(36-12-5-3-6-13-36)38-23-19-34(20-24-38)35-21-25-39(26-22-35)46(37-14-7-4-8-15-37)41-17-10-18-42(32-41)53-44(48)52-30-28-50-27-29-51-43(47)49-2;1-3-12(2)17-15-10-6-4-8-13(15)14-9-5-7-11-16(14)17;1-10(2,3)9-7-5-4-6-8-9;;;;/h1-40H,41H2;3-26,31-32H,27-30H2,1-2H3;4-12H,3H2,1-2H3;4-8H,1-3H3;4*1H4/b23-21+,24-22+;;;;;;;. The normalized spacial score (nSPS) is 10.9. The summed E-state index contributed by atoms with van der Waals surface area (Å²) in [6.45, 7) is 14.1. The lowest BCUT2D eigenvalue weighted by Crippen LogP contribution is -2.37. The maximum absolute atomic E-state index is 12.4. The summed E-state index contributed by atoms with van der Waals surface area (Å²) in [6.07, 6.45) is 8.05. The van der Waals surface area contributed by atoms with E-state index in [0.29, 0.717) is 11.8 Å². The van der Waals surface area contributed by atoms with Gasteiger partial charge in [0.05, 0.1) is 28.4 Å². The van der Waals surface area contributed by atoms with Crippen LogP contribution in [0.2, 0.25) is 19.6 Å². The molecule has 0 N–H and O–H groups in total. The van der Waals surface area contributed by atoms with E-state index in [0.717, 1.165) is 108 Å². The van der Waals surface area contributed by atoms with Crippen LogP contribution in [0.15, 0.2) is 455 Å². The van der Waals surface area contributed by atoms with Gasteiger partial charge < -0.3 is 57.3 Å². The first-order chi connectivity index (χ1) is 67.2. The van der Waals surface area contributed by atoms with Crippen LogP contribution in [0, 0.1) is 6.92 Å². The zero-order valence-corrected chi connectivity index (χ0v) is 79.3. The molecule has 0 saturated heterocycles. The number of hydrogen-bond donors (Lipinski definition) is 0. The molecule has 0 amide bonds. The van der Waals surface area contributed by atoms with Crippen molar-refractivity contribution < 1.29 is 42.7 Å². The topological polar surface area (TPSA) is 117 Å². The van der Waals surface area contributed by atoms with E-state index in [9.17, 15) is 9.59 Å². The predicted molar refractivity (Wildman–Crippen MR) is 597 cm³/mol. The van der Waals surface area contributed by atoms with Crippen LogP contribution >= 0.6 is 0 Å². The number of hydrogen-bond acceptors (Lipinski definition) is 13. The smallest absolute Gasteiger partial charge is 0.458 e. The fourth-order valence-electron chi connectivity index (χ4n) is 15.9. The number of carbonyl (C=O) groups excluding carboxylic acids is 2. The van der Waals surface area contributed by atoms with Crippen molar-refractivity contribution in [3.63, 3.8) is 0 Å². The Morgan fingerprint density at radius 3 is 0.965 bits per heavy atom. The van der Waals surface area contributed by atoms with Crippen molar-refractivity contribution in [1.82, 2.24) is 4.57 Å². The highest BCUT2D eigenvalue weighted by Crippen LogP contribution is 2.43. The van der Waals surface area contributed by atoms with Crippen molar-refractivity contribution in [1.29, 1.82) is 0 Å². The van der Waals surface area contributed by atoms with Gasteiger partial charge >= 0.3 is 12.3 Å². The Hall–Kier alpha value is -16.5. The third-order valence-corrected chi connectivity index (χ3v) is 25.1. The van der Waals surface area contributed by atoms with E-state index >= 15 is 0 Å². The first kappa shape index (κ1) is 105. The molecule has 716 valence electrons. The molecule has 15 heteroatoms. The van der Waals surface area contributed by atoms with Crippen LogP contribution in [-0.4, -0.2) is 65.3 Å². The Balaban J connectivity index is 0.000000208. The van der Waals surface area contributed by atoms with E-state index < -0.39 is 20.4 Å². The number of nitrogens with zero attached hydrogens (tertiary/aromatic N) is 5. The number of aromatic nitrogens is 1. The molecule has 17 aromatic carbocycles. The van der Waals surface area contributed by atoms with Crippen molar-refractivity contribution in [3.8, 4) is 28.4 Å². The van der Waals surface area contributed by atoms with Gasteiger partial charge in [-0.1, -0.05) is 353 Å². The van der Waals surface area contributed by atoms with E-state index in [-0.39, 0.29) is 62.9 Å². The highest BCUT2D eigenvalue weighted by molar-refractivity contribution is 6.88. The highest BCUT2D eigenvalue weighted by Gasteiger charge is 2.21. The number of ether oxygens (including phenoxy) is 7. The molecule has 14 nitrogen and oxygen atoms in total. The third-order valence-electron chi connectivity index (χ3n) is 23.0. The second-order valence-corrected chi connectivity index (χ2v) is 38.6. The Kier molecular flexibility index (Phi) is 39.7. The number of carbonyl (C=O) groups is 2. The Bertz CT molecular complexity index is 6610. The number of anilines is 12. The van der Waals surface area contributed by atoms with Gasteiger partial charge in [-0.25, -0.2) is 9.59 Å². The van der Waals surface area contributed by atoms with Gasteiger partial charge in [0.2, 0.25) is 6.79 Å². The number of rotatable bonds is 31. The fourth-order valence-corrected chi connectivity index (χ4v) is 17.1. The minimum absolute atomic E-state index is 0. The van der Waals surface area contributed by atoms with Crippen molar-refractivity contribution in [2.45, 2.75) is 82.6 Å². The number of benzene rings is 17. The molecule has 0 radical (unpaired) electrons. The lowest BCUT2D eigenvalue weighted by atomic mass is 10.0. The summed E-state index contributed by atoms with van der Waals surface area (Å²) in [5.41, 5.74) is 23.0. The maximum atomic E-state index is 12.4. The summed E-state index contributed by atoms with van der Waals surface area (Å²) in [5, 5.41) is 4.27. The van der Waals surface area contributed by atoms with Gasteiger partial charge in [-0.15, -0.1) is 0 Å². The highest BCUT2D eigenvalue weighted by atomic mass is 28.3. The zero-order chi connectivity index (χ0) is 94.8. The fraction of sp³-hybridized carbons (Fsp3) is 0.143. The largest absolute Gasteiger partial charge is 0.513 e. The summed E-state index contributed by atoms with van der Waals surface area (Å²) < 4.78 is 39.6. The van der Waals surface area contributed by atoms with E-state index in [1.54, 1.807) is 12.1 Å². The molecule has 1 unspecified atom stereocenters. The second kappa shape index (κ2) is 53.3. The predicted octanol–water partition coefficient (Wildman–Crippen LogP) is 34.8. The minimum Gasteiger partial charge on any atom is -0.458 e. The summed E-state index contributed by atoms with van der Waals surface area (Å²) in [6, 6.07) is 157. The van der Waals surface area contributed by atoms with Crippen LogP contribution in [0.3, 0.4) is 0 Å². The molecule has 1 heterocycles. The molecule has 0 aliphatic rings. The third kappa shape index (κ3) is 29.3. The quantitative estimate of drug-likeness (QED) is 0.0103. The SMILES string of the molecule is C.C.C.C.C(=C\c1ccc(N(c2ccccc2)c2ccc(OCOc3ccc(N(c4ccccc4)c4ccc(/C=C/c5ccccc5)cc4)cc3)cc2)cc1)/c1ccccc1.CCC(C)n1c2ccccc2c2ccccc21.COC(=O)OCCOCCOC(=O)Oc1cccc(N(c2ccccc2)c2ccc(-c3ccc(N(c4ccccc4)c4cccc(C)c4)cc3)cc2)c1.C[Si](C)(C)c1ccccc1. The summed E-state index contributed by atoms with van der Waals surface area (Å²) in [5.74, 6) is 1.77. The van der Waals surface area contributed by atoms with Gasteiger partial charge in [0.25, 0.3) is 0 Å². The van der Waals surface area contributed by atoms with Crippen LogP contribution in [0.25, 0.3) is 57.2 Å². The minimum atomic E-state index is -1.03. The molecule has 1 atom stereocenters. The molecule has 0 fully saturated rings. The van der Waals surface area contributed by atoms with Crippen LogP contribution in [0.4, 0.5) is 77.8 Å². The van der Waals surface area contributed by atoms with E-state index in [4.69, 9.17) is 28.4 Å². The molecule has 18 aromatic rings. The maximum Gasteiger partial charge on any atom is 0.513 e. The van der Waals surface area contributed by atoms with Gasteiger partial charge in [0.1, 0.15) is 30.5 Å². The molecule has 0 spiro atoms. The lowest BCUT2D eigenvalue weighted by molar-refractivity contribution is 0.0197. The first-order valence-electron chi connectivity index (χ1n) is 46.2. The molecule has 18 rings (SSSR count). The van der Waals surface area contributed by atoms with Gasteiger partial charge in [0.15, 0.2) is 0 Å². The average molecular weight is 1890 g/mol. The molecular weight excluding hydrogens is 1760 g/mol. The van der Waals surface area contributed by atoms with Crippen molar-refractivity contribution >= 4 is 140 Å². The van der Waals surface area contributed by atoms with Crippen molar-refractivity contribution in [2.75, 3.05) is 59.9 Å². The Labute approximate surface area is 835 Å². The molecule has 0 bridgehead atoms. The second-order valence-electron chi connectivity index (χ2n) is 33.6. The van der Waals surface area contributed by atoms with Crippen LogP contribution in [-0.2, 0) is 18.9 Å². The van der Waals surface area contributed by atoms with Gasteiger partial charge in [-0.2, -0.15) is 0 Å². The van der Waals surface area contributed by atoms with Gasteiger partial charge in [-0.05, 0) is 241 Å². The molecule has 141 heavy (non-hydrogen) atoms. The summed E-state index contributed by atoms with van der Waals surface area (Å²) in [7, 11) is 0.192. The first-order valence-corrected chi connectivity index (χ1v) is 49.7. The molecular formula is C126H129N5O9Si. The van der Waals surface area contributed by atoms with Crippen molar-refractivity contribution in [2.24, 2.45) is 0 Å². The van der Waals surface area contributed by atoms with Crippen LogP contribution in [0.1, 0.15) is 83.8 Å². The number of para-hydroxylation sites is 6. The van der Waals surface area contributed by atoms with Crippen LogP contribution in [0.5, 0.6) is 17.2 Å². The summed E-state index contributed by atoms with van der Waals surface area (Å²) >= 11 is 0. The average Bonchev–Trinajstić information content (AvgIpc) is 1.60. The van der Waals surface area contributed by atoms with Crippen LogP contribution < -0.4 is 39.0 Å². The number of methoxy groups -OCH3 is 1.